The van der Waals surface area contributed by atoms with Gasteiger partial charge in [0.05, 0.1) is 0 Å². The first kappa shape index (κ1) is 29.9. The van der Waals surface area contributed by atoms with E-state index in [4.69, 9.17) is 9.47 Å². The van der Waals surface area contributed by atoms with Crippen LogP contribution < -0.4 is 10.6 Å². The third-order valence-electron chi connectivity index (χ3n) is 4.74. The molecule has 7 nitrogen and oxygen atoms in total. The van der Waals surface area contributed by atoms with Crippen molar-refractivity contribution >= 4 is 28.2 Å². The number of alkyl carbamates (subject to hydrolysis) is 1. The van der Waals surface area contributed by atoms with Crippen molar-refractivity contribution in [3.8, 4) is 0 Å². The van der Waals surface area contributed by atoms with Gasteiger partial charge in [0.1, 0.15) is 29.2 Å². The van der Waals surface area contributed by atoms with Crippen LogP contribution in [-0.4, -0.2) is 35.7 Å². The molecule has 0 bridgehead atoms. The van der Waals surface area contributed by atoms with Gasteiger partial charge < -0.3 is 20.1 Å². The molecule has 2 aromatic carbocycles. The maximum Gasteiger partial charge on any atom is 0.408 e. The summed E-state index contributed by atoms with van der Waals surface area (Å²) in [6.45, 7) is 5.91. The van der Waals surface area contributed by atoms with E-state index in [0.29, 0.717) is 5.56 Å². The Morgan fingerprint density at radius 2 is 1.49 bits per heavy atom. The minimum absolute atomic E-state index is 0.205. The fraction of sp³-hybridized carbons (Fsp3) is 0.375. The number of benzene rings is 2. The molecular weight excluding hydrogens is 523 g/mol. The number of amides is 2. The Kier molecular flexibility index (Phi) is 8.23. The highest BCUT2D eigenvalue weighted by Gasteiger charge is 2.65. The summed E-state index contributed by atoms with van der Waals surface area (Å²) >= 11 is 0. The van der Waals surface area contributed by atoms with E-state index in [2.05, 4.69) is 10.6 Å². The number of ether oxygens (including phenoxy) is 2. The molecule has 0 fully saturated rings. The summed E-state index contributed by atoms with van der Waals surface area (Å²) < 4.78 is 76.6. The molecule has 2 amide bonds. The van der Waals surface area contributed by atoms with E-state index >= 15 is 0 Å². The molecular formula is C24H29F5N2O5S. The van der Waals surface area contributed by atoms with Gasteiger partial charge in [0.15, 0.2) is 0 Å². The lowest BCUT2D eigenvalue weighted by Gasteiger charge is -2.40. The smallest absolute Gasteiger partial charge is 0.408 e. The fourth-order valence-electron chi connectivity index (χ4n) is 3.02. The van der Waals surface area contributed by atoms with Gasteiger partial charge in [0, 0.05) is 6.42 Å². The van der Waals surface area contributed by atoms with Gasteiger partial charge in [-0.15, -0.1) is 0 Å². The second-order valence-electron chi connectivity index (χ2n) is 9.34. The van der Waals surface area contributed by atoms with Gasteiger partial charge in [-0.2, -0.15) is 0 Å². The summed E-state index contributed by atoms with van der Waals surface area (Å²) in [4.78, 5) is 35.3. The largest absolute Gasteiger partial charge is 0.459 e. The van der Waals surface area contributed by atoms with Crippen LogP contribution in [0, 0.1) is 0 Å². The van der Waals surface area contributed by atoms with Crippen molar-refractivity contribution in [2.24, 2.45) is 0 Å². The van der Waals surface area contributed by atoms with Gasteiger partial charge in [-0.25, -0.2) is 9.59 Å². The number of nitrogens with one attached hydrogen (secondary N) is 2. The predicted molar refractivity (Wildman–Crippen MR) is 129 cm³/mol. The van der Waals surface area contributed by atoms with Crippen LogP contribution in [0.2, 0.25) is 0 Å². The molecule has 0 saturated carbocycles. The number of carbonyl (C=O) groups excluding carboxylic acids is 3. The first-order chi connectivity index (χ1) is 16.7. The van der Waals surface area contributed by atoms with Gasteiger partial charge in [0.25, 0.3) is 0 Å². The molecule has 0 aliphatic rings. The van der Waals surface area contributed by atoms with E-state index in [9.17, 15) is 33.8 Å². The van der Waals surface area contributed by atoms with E-state index in [1.165, 1.54) is 6.92 Å². The highest BCUT2D eigenvalue weighted by Crippen LogP contribution is 3.02. The molecule has 2 aromatic rings. The number of halogens is 5. The van der Waals surface area contributed by atoms with Crippen molar-refractivity contribution in [1.29, 1.82) is 0 Å². The van der Waals surface area contributed by atoms with Crippen LogP contribution in [0.5, 0.6) is 0 Å². The van der Waals surface area contributed by atoms with E-state index in [-0.39, 0.29) is 24.3 Å². The number of esters is 1. The van der Waals surface area contributed by atoms with Gasteiger partial charge in [-0.3, -0.25) is 4.79 Å². The Bertz CT molecular complexity index is 1140. The zero-order valence-electron chi connectivity index (χ0n) is 20.6. The summed E-state index contributed by atoms with van der Waals surface area (Å²) in [6, 6.07) is 8.03. The maximum absolute atomic E-state index is 13.3. The standard InChI is InChI=1S/C24H29F5N2O5S/c1-16(30-23(34)36-24(2,3)4)21(32)31-20(22(33)35-15-17-9-6-5-7-10-17)14-18-11-8-12-19(13-18)37(25,26,27,28)29/h5-13,16,20H,14-15H2,1-4H3,(H,30,34)(H,31,32)/t16-,20+/m0/s1. The molecule has 206 valence electrons. The zero-order chi connectivity index (χ0) is 28.1. The zero-order valence-corrected chi connectivity index (χ0v) is 21.4. The minimum atomic E-state index is -9.97. The van der Waals surface area contributed by atoms with Crippen LogP contribution >= 0.6 is 10.2 Å². The molecule has 0 aliphatic carbocycles. The third-order valence-corrected chi connectivity index (χ3v) is 5.88. The van der Waals surface area contributed by atoms with E-state index < -0.39 is 57.2 Å². The summed E-state index contributed by atoms with van der Waals surface area (Å²) in [5.41, 5.74) is -0.540. The van der Waals surface area contributed by atoms with Crippen LogP contribution in [0.1, 0.15) is 38.8 Å². The van der Waals surface area contributed by atoms with E-state index in [0.717, 1.165) is 12.1 Å². The molecule has 2 N–H and O–H groups in total. The summed E-state index contributed by atoms with van der Waals surface area (Å²) in [5, 5.41) is 4.58. The number of rotatable bonds is 9. The second kappa shape index (κ2) is 10.2. The van der Waals surface area contributed by atoms with Crippen molar-refractivity contribution in [2.45, 2.75) is 63.3 Å². The Hall–Kier alpha value is -3.35. The average molecular weight is 553 g/mol. The topological polar surface area (TPSA) is 93.7 Å². The van der Waals surface area contributed by atoms with Crippen LogP contribution in [0.15, 0.2) is 59.5 Å². The highest BCUT2D eigenvalue weighted by molar-refractivity contribution is 8.45. The van der Waals surface area contributed by atoms with E-state index in [1.807, 2.05) is 0 Å². The lowest BCUT2D eigenvalue weighted by molar-refractivity contribution is -0.149. The highest BCUT2D eigenvalue weighted by atomic mass is 32.5. The summed E-state index contributed by atoms with van der Waals surface area (Å²) in [7, 11) is -9.97. The molecule has 0 radical (unpaired) electrons. The number of hydrogen-bond acceptors (Lipinski definition) is 5. The Morgan fingerprint density at radius 3 is 2.05 bits per heavy atom. The number of carbonyl (C=O) groups is 3. The first-order valence-electron chi connectivity index (χ1n) is 11.1. The van der Waals surface area contributed by atoms with Crippen LogP contribution in [0.25, 0.3) is 0 Å². The molecule has 13 heteroatoms. The molecule has 2 atom stereocenters. The SMILES string of the molecule is C[C@H](NC(=O)OC(C)(C)C)C(=O)N[C@H](Cc1cccc(S(F)(F)(F)(F)F)c1)C(=O)OCc1ccccc1. The molecule has 2 rings (SSSR count). The molecule has 0 aromatic heterocycles. The van der Waals surface area contributed by atoms with Gasteiger partial charge >= 0.3 is 22.3 Å². The monoisotopic (exact) mass is 552 g/mol. The van der Waals surface area contributed by atoms with Crippen LogP contribution in [0.4, 0.5) is 24.2 Å². The Labute approximate surface area is 211 Å². The molecule has 0 heterocycles. The Morgan fingerprint density at radius 1 is 0.892 bits per heavy atom. The lowest BCUT2D eigenvalue weighted by atomic mass is 10.1. The normalized spacial score (nSPS) is 15.4. The molecule has 37 heavy (non-hydrogen) atoms. The predicted octanol–water partition coefficient (Wildman–Crippen LogP) is 6.03. The molecule has 0 aliphatic heterocycles. The van der Waals surface area contributed by atoms with E-state index in [1.54, 1.807) is 51.1 Å². The summed E-state index contributed by atoms with van der Waals surface area (Å²) in [5.74, 6) is -1.89. The summed E-state index contributed by atoms with van der Waals surface area (Å²) in [6.07, 6.45) is -1.50. The van der Waals surface area contributed by atoms with Crippen molar-refractivity contribution in [1.82, 2.24) is 10.6 Å². The first-order valence-corrected chi connectivity index (χ1v) is 13.0. The van der Waals surface area contributed by atoms with Crippen molar-refractivity contribution < 1.29 is 43.3 Å². The Balaban J connectivity index is 2.23. The maximum atomic E-state index is 13.3. The average Bonchev–Trinajstić information content (AvgIpc) is 2.75. The van der Waals surface area contributed by atoms with Crippen LogP contribution in [-0.2, 0) is 32.1 Å². The minimum Gasteiger partial charge on any atom is -0.459 e. The van der Waals surface area contributed by atoms with Gasteiger partial charge in [-0.1, -0.05) is 61.9 Å². The second-order valence-corrected chi connectivity index (χ2v) is 11.8. The molecule has 0 saturated heterocycles. The molecule has 0 spiro atoms. The van der Waals surface area contributed by atoms with Crippen LogP contribution in [0.3, 0.4) is 0 Å². The lowest BCUT2D eigenvalue weighted by Crippen LogP contribution is -2.52. The third kappa shape index (κ3) is 10.3. The quantitative estimate of drug-likeness (QED) is 0.293. The van der Waals surface area contributed by atoms with Gasteiger partial charge in [-0.05, 0) is 51.0 Å². The van der Waals surface area contributed by atoms with Gasteiger partial charge in [0.2, 0.25) is 5.91 Å². The van der Waals surface area contributed by atoms with Crippen molar-refractivity contribution in [2.75, 3.05) is 0 Å². The molecule has 0 unspecified atom stereocenters. The number of hydrogen-bond donors (Lipinski definition) is 2. The fourth-order valence-corrected chi connectivity index (χ4v) is 3.73. The van der Waals surface area contributed by atoms with Crippen molar-refractivity contribution in [3.05, 3.63) is 65.7 Å². The van der Waals surface area contributed by atoms with Crippen molar-refractivity contribution in [3.63, 3.8) is 0 Å².